The van der Waals surface area contributed by atoms with E-state index in [1.165, 1.54) is 6.42 Å². The molecule has 0 aromatic rings. The molecule has 1 aliphatic rings. The van der Waals surface area contributed by atoms with E-state index in [0.29, 0.717) is 0 Å². The van der Waals surface area contributed by atoms with Gasteiger partial charge in [-0.3, -0.25) is 9.69 Å². The Kier molecular flexibility index (Phi) is 5.69. The van der Waals surface area contributed by atoms with Gasteiger partial charge in [0.05, 0.1) is 6.04 Å². The highest BCUT2D eigenvalue weighted by Gasteiger charge is 2.25. The largest absolute Gasteiger partial charge is 0.355 e. The Balaban J connectivity index is 2.57. The molecule has 1 amide bonds. The summed E-state index contributed by atoms with van der Waals surface area (Å²) in [6.07, 6.45) is 5.60. The van der Waals surface area contributed by atoms with Crippen LogP contribution in [0.3, 0.4) is 0 Å². The summed E-state index contributed by atoms with van der Waals surface area (Å²) in [6, 6.07) is 0.132. The maximum Gasteiger partial charge on any atom is 0.237 e. The quantitative estimate of drug-likeness (QED) is 0.753. The number of nitrogens with zero attached hydrogens (tertiary/aromatic N) is 1. The van der Waals surface area contributed by atoms with Crippen LogP contribution in [0.2, 0.25) is 0 Å². The van der Waals surface area contributed by atoms with E-state index < -0.39 is 0 Å². The normalized spacial score (nSPS) is 22.6. The van der Waals surface area contributed by atoms with Gasteiger partial charge in [0.2, 0.25) is 5.91 Å². The molecule has 1 aliphatic heterocycles. The first-order valence-corrected chi connectivity index (χ1v) is 6.31. The van der Waals surface area contributed by atoms with E-state index in [-0.39, 0.29) is 11.9 Å². The number of amides is 1. The lowest BCUT2D eigenvalue weighted by Gasteiger charge is -2.28. The minimum atomic E-state index is 0.132. The van der Waals surface area contributed by atoms with Crippen LogP contribution in [0.15, 0.2) is 0 Å². The molecule has 0 aromatic carbocycles. The van der Waals surface area contributed by atoms with Crippen molar-refractivity contribution < 1.29 is 4.79 Å². The number of hydrogen-bond donors (Lipinski definition) is 1. The molecule has 1 fully saturated rings. The summed E-state index contributed by atoms with van der Waals surface area (Å²) >= 11 is 0. The molecule has 1 saturated heterocycles. The van der Waals surface area contributed by atoms with Gasteiger partial charge in [0.1, 0.15) is 0 Å². The molecule has 3 nitrogen and oxygen atoms in total. The molecule has 1 heterocycles. The Bertz CT molecular complexity index is 188. The summed E-state index contributed by atoms with van der Waals surface area (Å²) in [7, 11) is 0. The summed E-state index contributed by atoms with van der Waals surface area (Å²) in [4.78, 5) is 14.2. The number of nitrogens with one attached hydrogen (secondary N) is 1. The zero-order valence-electron chi connectivity index (χ0n) is 10.1. The van der Waals surface area contributed by atoms with Gasteiger partial charge in [0.15, 0.2) is 0 Å². The van der Waals surface area contributed by atoms with Gasteiger partial charge in [-0.25, -0.2) is 0 Å². The third-order valence-corrected chi connectivity index (χ3v) is 2.97. The average molecular weight is 212 g/mol. The van der Waals surface area contributed by atoms with Gasteiger partial charge in [-0.05, 0) is 45.2 Å². The van der Waals surface area contributed by atoms with Crippen LogP contribution in [-0.4, -0.2) is 36.5 Å². The fraction of sp³-hybridized carbons (Fsp3) is 0.917. The highest BCUT2D eigenvalue weighted by molar-refractivity contribution is 5.81. The summed E-state index contributed by atoms with van der Waals surface area (Å²) in [6.45, 7) is 7.31. The van der Waals surface area contributed by atoms with E-state index in [0.717, 1.165) is 45.3 Å². The second-order valence-corrected chi connectivity index (χ2v) is 4.34. The molecule has 1 atom stereocenters. The number of carbonyl (C=O) groups excluding carboxylic acids is 1. The molecule has 0 radical (unpaired) electrons. The number of rotatable bonds is 5. The van der Waals surface area contributed by atoms with Crippen molar-refractivity contribution in [2.24, 2.45) is 0 Å². The van der Waals surface area contributed by atoms with Crippen LogP contribution in [0, 0.1) is 0 Å². The minimum absolute atomic E-state index is 0.132. The molecule has 0 aliphatic carbocycles. The molecule has 0 bridgehead atoms. The predicted octanol–water partition coefficient (Wildman–Crippen LogP) is 1.78. The van der Waals surface area contributed by atoms with E-state index >= 15 is 0 Å². The Morgan fingerprint density at radius 1 is 1.27 bits per heavy atom. The van der Waals surface area contributed by atoms with Crippen molar-refractivity contribution in [3.63, 3.8) is 0 Å². The molecule has 0 aromatic heterocycles. The molecule has 1 rings (SSSR count). The van der Waals surface area contributed by atoms with Crippen molar-refractivity contribution in [1.29, 1.82) is 0 Å². The van der Waals surface area contributed by atoms with Crippen molar-refractivity contribution in [2.45, 2.75) is 52.0 Å². The van der Waals surface area contributed by atoms with Crippen molar-refractivity contribution in [2.75, 3.05) is 19.6 Å². The maximum absolute atomic E-state index is 11.9. The first-order valence-electron chi connectivity index (χ1n) is 6.31. The molecule has 1 N–H and O–H groups in total. The van der Waals surface area contributed by atoms with Gasteiger partial charge in [-0.1, -0.05) is 13.8 Å². The van der Waals surface area contributed by atoms with Gasteiger partial charge in [0.25, 0.3) is 0 Å². The molecule has 3 heteroatoms. The van der Waals surface area contributed by atoms with Crippen molar-refractivity contribution in [1.82, 2.24) is 10.2 Å². The zero-order chi connectivity index (χ0) is 11.1. The van der Waals surface area contributed by atoms with E-state index in [1.807, 2.05) is 0 Å². The zero-order valence-corrected chi connectivity index (χ0v) is 10.1. The van der Waals surface area contributed by atoms with Crippen LogP contribution in [0.5, 0.6) is 0 Å². The van der Waals surface area contributed by atoms with Crippen molar-refractivity contribution in [3.05, 3.63) is 0 Å². The molecule has 88 valence electrons. The summed E-state index contributed by atoms with van der Waals surface area (Å²) in [5.41, 5.74) is 0. The van der Waals surface area contributed by atoms with Gasteiger partial charge in [-0.15, -0.1) is 0 Å². The lowest BCUT2D eigenvalue weighted by atomic mass is 10.1. The highest BCUT2D eigenvalue weighted by atomic mass is 16.2. The molecular formula is C12H24N2O. The minimum Gasteiger partial charge on any atom is -0.355 e. The summed E-state index contributed by atoms with van der Waals surface area (Å²) < 4.78 is 0. The highest BCUT2D eigenvalue weighted by Crippen LogP contribution is 2.13. The Morgan fingerprint density at radius 2 is 1.93 bits per heavy atom. The van der Waals surface area contributed by atoms with Crippen LogP contribution >= 0.6 is 0 Å². The predicted molar refractivity (Wildman–Crippen MR) is 62.8 cm³/mol. The van der Waals surface area contributed by atoms with Crippen LogP contribution in [0.4, 0.5) is 0 Å². The molecule has 1 unspecified atom stereocenters. The summed E-state index contributed by atoms with van der Waals surface area (Å²) in [5.74, 6) is 0.245. The van der Waals surface area contributed by atoms with E-state index in [1.54, 1.807) is 0 Å². The number of carbonyl (C=O) groups is 1. The Hall–Kier alpha value is -0.570. The number of hydrogen-bond acceptors (Lipinski definition) is 2. The average Bonchev–Trinajstić information content (AvgIpc) is 2.43. The molecule has 0 spiro atoms. The summed E-state index contributed by atoms with van der Waals surface area (Å²) in [5, 5.41) is 3.01. The lowest BCUT2D eigenvalue weighted by Crippen LogP contribution is -2.46. The smallest absolute Gasteiger partial charge is 0.237 e. The molecule has 0 saturated carbocycles. The van der Waals surface area contributed by atoms with Crippen molar-refractivity contribution >= 4 is 5.91 Å². The Morgan fingerprint density at radius 3 is 2.53 bits per heavy atom. The second kappa shape index (κ2) is 6.83. The molecule has 15 heavy (non-hydrogen) atoms. The van der Waals surface area contributed by atoms with Crippen LogP contribution < -0.4 is 5.32 Å². The first-order chi connectivity index (χ1) is 7.29. The van der Waals surface area contributed by atoms with Crippen molar-refractivity contribution in [3.8, 4) is 0 Å². The van der Waals surface area contributed by atoms with Gasteiger partial charge in [-0.2, -0.15) is 0 Å². The van der Waals surface area contributed by atoms with Gasteiger partial charge in [0, 0.05) is 6.54 Å². The third-order valence-electron chi connectivity index (χ3n) is 2.97. The van der Waals surface area contributed by atoms with Crippen LogP contribution in [-0.2, 0) is 4.79 Å². The Labute approximate surface area is 93.2 Å². The van der Waals surface area contributed by atoms with E-state index in [2.05, 4.69) is 24.1 Å². The monoisotopic (exact) mass is 212 g/mol. The van der Waals surface area contributed by atoms with Gasteiger partial charge >= 0.3 is 0 Å². The van der Waals surface area contributed by atoms with E-state index in [4.69, 9.17) is 0 Å². The van der Waals surface area contributed by atoms with Gasteiger partial charge < -0.3 is 5.32 Å². The molecular weight excluding hydrogens is 188 g/mol. The fourth-order valence-electron chi connectivity index (χ4n) is 2.27. The second-order valence-electron chi connectivity index (χ2n) is 4.34. The first kappa shape index (κ1) is 12.5. The topological polar surface area (TPSA) is 32.3 Å². The van der Waals surface area contributed by atoms with Crippen LogP contribution in [0.25, 0.3) is 0 Å². The van der Waals surface area contributed by atoms with E-state index in [9.17, 15) is 4.79 Å². The lowest BCUT2D eigenvalue weighted by molar-refractivity contribution is -0.126. The fourth-order valence-corrected chi connectivity index (χ4v) is 2.27. The SMILES string of the molecule is CCCN(CCC)C1CCCCNC1=O. The standard InChI is InChI=1S/C12H24N2O/c1-3-9-14(10-4-2)11-7-5-6-8-13-12(11)15/h11H,3-10H2,1-2H3,(H,13,15). The maximum atomic E-state index is 11.9. The van der Waals surface area contributed by atoms with Crippen LogP contribution in [0.1, 0.15) is 46.0 Å². The third kappa shape index (κ3) is 3.82.